The summed E-state index contributed by atoms with van der Waals surface area (Å²) in [6.45, 7) is 5.53. The van der Waals surface area contributed by atoms with Gasteiger partial charge in [0.2, 0.25) is 5.91 Å². The van der Waals surface area contributed by atoms with Crippen molar-refractivity contribution in [3.63, 3.8) is 0 Å². The minimum atomic E-state index is -0.502. The third-order valence-corrected chi connectivity index (χ3v) is 4.12. The first-order valence-electron chi connectivity index (χ1n) is 7.31. The van der Waals surface area contributed by atoms with Crippen LogP contribution in [-0.2, 0) is 26.9 Å². The molecule has 2 aliphatic heterocycles. The first-order valence-corrected chi connectivity index (χ1v) is 7.31. The number of hydrogen-bond acceptors (Lipinski definition) is 5. The van der Waals surface area contributed by atoms with Crippen molar-refractivity contribution in [3.05, 3.63) is 18.0 Å². The van der Waals surface area contributed by atoms with Gasteiger partial charge in [0.05, 0.1) is 32.6 Å². The average molecular weight is 294 g/mol. The molecule has 0 spiro atoms. The first kappa shape index (κ1) is 14.5. The molecule has 3 rings (SSSR count). The van der Waals surface area contributed by atoms with Crippen molar-refractivity contribution in [1.29, 1.82) is 0 Å². The summed E-state index contributed by atoms with van der Waals surface area (Å²) < 4.78 is 13.1. The van der Waals surface area contributed by atoms with Gasteiger partial charge in [-0.3, -0.25) is 9.48 Å². The number of rotatable bonds is 2. The Balaban J connectivity index is 1.71. The Morgan fingerprint density at radius 1 is 1.52 bits per heavy atom. The van der Waals surface area contributed by atoms with Crippen molar-refractivity contribution in [1.82, 2.24) is 20.0 Å². The molecule has 21 heavy (non-hydrogen) atoms. The van der Waals surface area contributed by atoms with Gasteiger partial charge in [-0.1, -0.05) is 0 Å². The quantitative estimate of drug-likeness (QED) is 0.795. The van der Waals surface area contributed by atoms with Crippen molar-refractivity contribution in [2.45, 2.75) is 18.6 Å². The van der Waals surface area contributed by atoms with E-state index in [1.165, 1.54) is 0 Å². The van der Waals surface area contributed by atoms with Crippen molar-refractivity contribution in [3.8, 4) is 0 Å². The third-order valence-electron chi connectivity index (χ3n) is 4.12. The monoisotopic (exact) mass is 294 g/mol. The van der Waals surface area contributed by atoms with Crippen molar-refractivity contribution in [2.24, 2.45) is 7.05 Å². The molecule has 0 saturated carbocycles. The van der Waals surface area contributed by atoms with E-state index in [1.807, 2.05) is 25.1 Å². The Morgan fingerprint density at radius 2 is 2.38 bits per heavy atom. The predicted octanol–water partition coefficient (Wildman–Crippen LogP) is -0.517. The number of carbonyl (C=O) groups excluding carboxylic acids is 1. The molecule has 116 valence electrons. The zero-order valence-corrected chi connectivity index (χ0v) is 12.5. The molecule has 1 amide bonds. The minimum absolute atomic E-state index is 0.0908. The van der Waals surface area contributed by atoms with Crippen LogP contribution in [0.5, 0.6) is 0 Å². The van der Waals surface area contributed by atoms with E-state index in [0.29, 0.717) is 32.9 Å². The summed E-state index contributed by atoms with van der Waals surface area (Å²) in [6, 6.07) is -0.241. The first-order chi connectivity index (χ1) is 10.1. The maximum Gasteiger partial charge on any atom is 0.242 e. The normalized spacial score (nSPS) is 30.4. The lowest BCUT2D eigenvalue weighted by Gasteiger charge is -2.41. The van der Waals surface area contributed by atoms with Crippen LogP contribution in [0.1, 0.15) is 12.5 Å². The van der Waals surface area contributed by atoms with Crippen molar-refractivity contribution in [2.75, 3.05) is 39.5 Å². The van der Waals surface area contributed by atoms with Crippen LogP contribution in [0.2, 0.25) is 0 Å². The topological polar surface area (TPSA) is 68.6 Å². The molecule has 2 unspecified atom stereocenters. The van der Waals surface area contributed by atoms with Gasteiger partial charge in [-0.15, -0.1) is 0 Å². The van der Waals surface area contributed by atoms with E-state index in [1.54, 1.807) is 10.9 Å². The Morgan fingerprint density at radius 3 is 3.05 bits per heavy atom. The summed E-state index contributed by atoms with van der Waals surface area (Å²) >= 11 is 0. The second-order valence-corrected chi connectivity index (χ2v) is 5.82. The predicted molar refractivity (Wildman–Crippen MR) is 75.7 cm³/mol. The summed E-state index contributed by atoms with van der Waals surface area (Å²) in [4.78, 5) is 14.4. The third kappa shape index (κ3) is 2.95. The van der Waals surface area contributed by atoms with Gasteiger partial charge in [-0.05, 0) is 6.92 Å². The van der Waals surface area contributed by atoms with Crippen molar-refractivity contribution >= 4 is 5.91 Å². The molecule has 0 aromatic carbocycles. The number of morpholine rings is 2. The highest BCUT2D eigenvalue weighted by Gasteiger charge is 2.38. The molecule has 0 aliphatic carbocycles. The van der Waals surface area contributed by atoms with Crippen LogP contribution in [-0.4, -0.2) is 66.1 Å². The maximum atomic E-state index is 12.6. The number of amides is 1. The summed E-state index contributed by atoms with van der Waals surface area (Å²) in [6.07, 6.45) is 3.74. The number of aromatic nitrogens is 2. The van der Waals surface area contributed by atoms with Gasteiger partial charge >= 0.3 is 0 Å². The lowest BCUT2D eigenvalue weighted by Crippen LogP contribution is -2.58. The molecule has 2 atom stereocenters. The van der Waals surface area contributed by atoms with Crippen LogP contribution in [0, 0.1) is 0 Å². The number of aryl methyl sites for hydroxylation is 1. The maximum absolute atomic E-state index is 12.6. The highest BCUT2D eigenvalue weighted by Crippen LogP contribution is 2.29. The van der Waals surface area contributed by atoms with E-state index in [9.17, 15) is 4.79 Å². The summed E-state index contributed by atoms with van der Waals surface area (Å²) in [5.74, 6) is 0.0908. The molecule has 1 N–H and O–H groups in total. The van der Waals surface area contributed by atoms with Gasteiger partial charge in [0.15, 0.2) is 0 Å². The Hall–Kier alpha value is -1.44. The SMILES string of the molecule is Cn1cc(C2(C)CN(C(=O)C3COCCN3)CCO2)cn1. The summed E-state index contributed by atoms with van der Waals surface area (Å²) in [5, 5.41) is 7.41. The van der Waals surface area contributed by atoms with E-state index >= 15 is 0 Å². The highest BCUT2D eigenvalue weighted by molar-refractivity contribution is 5.82. The molecule has 0 radical (unpaired) electrons. The van der Waals surface area contributed by atoms with E-state index in [4.69, 9.17) is 9.47 Å². The fraction of sp³-hybridized carbons (Fsp3) is 0.714. The van der Waals surface area contributed by atoms with Crippen LogP contribution in [0.25, 0.3) is 0 Å². The van der Waals surface area contributed by atoms with E-state index in [2.05, 4.69) is 10.4 Å². The second-order valence-electron chi connectivity index (χ2n) is 5.82. The largest absolute Gasteiger partial charge is 0.378 e. The van der Waals surface area contributed by atoms with E-state index in [0.717, 1.165) is 12.1 Å². The van der Waals surface area contributed by atoms with Crippen LogP contribution in [0.15, 0.2) is 12.4 Å². The number of carbonyl (C=O) groups is 1. The molecular formula is C14H22N4O3. The molecule has 1 aromatic heterocycles. The number of hydrogen-bond donors (Lipinski definition) is 1. The number of nitrogens with one attached hydrogen (secondary N) is 1. The summed E-state index contributed by atoms with van der Waals surface area (Å²) in [5.41, 5.74) is 0.493. The highest BCUT2D eigenvalue weighted by atomic mass is 16.5. The lowest BCUT2D eigenvalue weighted by atomic mass is 9.96. The molecule has 2 aliphatic rings. The van der Waals surface area contributed by atoms with Gasteiger partial charge in [0.1, 0.15) is 11.6 Å². The average Bonchev–Trinajstić information content (AvgIpc) is 2.95. The van der Waals surface area contributed by atoms with Crippen LogP contribution in [0.3, 0.4) is 0 Å². The van der Waals surface area contributed by atoms with Gasteiger partial charge in [0.25, 0.3) is 0 Å². The van der Waals surface area contributed by atoms with Gasteiger partial charge in [-0.2, -0.15) is 5.10 Å². The molecule has 1 aromatic rings. The fourth-order valence-corrected chi connectivity index (χ4v) is 2.87. The molecule has 2 fully saturated rings. The van der Waals surface area contributed by atoms with Gasteiger partial charge in [0, 0.05) is 31.9 Å². The van der Waals surface area contributed by atoms with Crippen LogP contribution < -0.4 is 5.32 Å². The number of nitrogens with zero attached hydrogens (tertiary/aromatic N) is 3. The lowest BCUT2D eigenvalue weighted by molar-refractivity contribution is -0.154. The Bertz CT molecular complexity index is 512. The fourth-order valence-electron chi connectivity index (χ4n) is 2.87. The molecule has 2 saturated heterocycles. The molecule has 3 heterocycles. The smallest absolute Gasteiger partial charge is 0.242 e. The van der Waals surface area contributed by atoms with E-state index < -0.39 is 5.60 Å². The zero-order chi connectivity index (χ0) is 14.9. The van der Waals surface area contributed by atoms with Crippen LogP contribution in [0.4, 0.5) is 0 Å². The summed E-state index contributed by atoms with van der Waals surface area (Å²) in [7, 11) is 1.88. The number of ether oxygens (including phenoxy) is 2. The van der Waals surface area contributed by atoms with Gasteiger partial charge < -0.3 is 19.7 Å². The molecular weight excluding hydrogens is 272 g/mol. The molecule has 7 nitrogen and oxygen atoms in total. The van der Waals surface area contributed by atoms with Crippen molar-refractivity contribution < 1.29 is 14.3 Å². The second kappa shape index (κ2) is 5.75. The zero-order valence-electron chi connectivity index (χ0n) is 12.5. The van der Waals surface area contributed by atoms with Crippen LogP contribution >= 0.6 is 0 Å². The minimum Gasteiger partial charge on any atom is -0.378 e. The van der Waals surface area contributed by atoms with Gasteiger partial charge in [-0.25, -0.2) is 0 Å². The molecule has 0 bridgehead atoms. The Labute approximate surface area is 124 Å². The Kier molecular flexibility index (Phi) is 3.97. The molecule has 7 heteroatoms. The van der Waals surface area contributed by atoms with E-state index in [-0.39, 0.29) is 11.9 Å². The standard InChI is InChI=1S/C14H22N4O3/c1-14(11-7-16-17(2)8-11)10-18(4-6-21-14)13(19)12-9-20-5-3-15-12/h7-8,12,15H,3-6,9-10H2,1-2H3.